The monoisotopic (exact) mass is 197 g/mol. The molecule has 0 amide bonds. The highest BCUT2D eigenvalue weighted by molar-refractivity contribution is 4.98. The summed E-state index contributed by atoms with van der Waals surface area (Å²) >= 11 is 0. The van der Waals surface area contributed by atoms with E-state index in [9.17, 15) is 0 Å². The summed E-state index contributed by atoms with van der Waals surface area (Å²) in [6.07, 6.45) is 7.23. The van der Waals surface area contributed by atoms with Gasteiger partial charge < -0.3 is 5.73 Å². The van der Waals surface area contributed by atoms with Crippen LogP contribution in [0.3, 0.4) is 0 Å². The first-order valence-electron chi connectivity index (χ1n) is 5.95. The molecule has 1 heteroatoms. The van der Waals surface area contributed by atoms with Crippen molar-refractivity contribution >= 4 is 0 Å². The Morgan fingerprint density at radius 2 is 1.93 bits per heavy atom. The van der Waals surface area contributed by atoms with Gasteiger partial charge in [0.2, 0.25) is 0 Å². The van der Waals surface area contributed by atoms with Crippen molar-refractivity contribution in [1.29, 1.82) is 0 Å². The Kier molecular flexibility index (Phi) is 7.87. The fourth-order valence-electron chi connectivity index (χ4n) is 2.15. The van der Waals surface area contributed by atoms with Crippen molar-refractivity contribution < 1.29 is 0 Å². The maximum Gasteiger partial charge on any atom is -0.00747 e. The number of rotatable bonds is 7. The van der Waals surface area contributed by atoms with Crippen LogP contribution in [0.4, 0.5) is 0 Å². The molecule has 14 heavy (non-hydrogen) atoms. The fraction of sp³-hybridized carbons (Fsp3) is 0.846. The third-order valence-electron chi connectivity index (χ3n) is 2.69. The number of allylic oxidation sites excluding steroid dienone is 2. The molecule has 0 heterocycles. The van der Waals surface area contributed by atoms with E-state index in [-0.39, 0.29) is 0 Å². The van der Waals surface area contributed by atoms with Crippen LogP contribution in [0.25, 0.3) is 0 Å². The normalized spacial score (nSPS) is 16.8. The average molecular weight is 197 g/mol. The lowest BCUT2D eigenvalue weighted by atomic mass is 9.90. The van der Waals surface area contributed by atoms with Crippen LogP contribution < -0.4 is 5.73 Å². The van der Waals surface area contributed by atoms with E-state index in [2.05, 4.69) is 33.8 Å². The van der Waals surface area contributed by atoms with Gasteiger partial charge in [-0.3, -0.25) is 0 Å². The number of nitrogens with two attached hydrogens (primary N) is 1. The van der Waals surface area contributed by atoms with Gasteiger partial charge in [-0.1, -0.05) is 32.4 Å². The van der Waals surface area contributed by atoms with Gasteiger partial charge in [-0.15, -0.1) is 0 Å². The lowest BCUT2D eigenvalue weighted by Crippen LogP contribution is -2.09. The van der Waals surface area contributed by atoms with Gasteiger partial charge in [0.25, 0.3) is 0 Å². The van der Waals surface area contributed by atoms with Crippen LogP contribution in [-0.2, 0) is 0 Å². The van der Waals surface area contributed by atoms with Gasteiger partial charge in [-0.25, -0.2) is 0 Å². The Hall–Kier alpha value is -0.300. The van der Waals surface area contributed by atoms with E-state index in [4.69, 9.17) is 5.73 Å². The number of hydrogen-bond donors (Lipinski definition) is 1. The van der Waals surface area contributed by atoms with Crippen molar-refractivity contribution in [2.45, 2.75) is 53.4 Å². The largest absolute Gasteiger partial charge is 0.330 e. The summed E-state index contributed by atoms with van der Waals surface area (Å²) in [5.41, 5.74) is 7.08. The maximum atomic E-state index is 5.54. The quantitative estimate of drug-likeness (QED) is 0.618. The highest BCUT2D eigenvalue weighted by Crippen LogP contribution is 2.20. The first-order chi connectivity index (χ1) is 6.60. The minimum Gasteiger partial charge on any atom is -0.330 e. The molecule has 0 saturated heterocycles. The Bertz CT molecular complexity index is 161. The second-order valence-corrected chi connectivity index (χ2v) is 4.69. The summed E-state index contributed by atoms with van der Waals surface area (Å²) in [5, 5.41) is 0. The van der Waals surface area contributed by atoms with E-state index < -0.39 is 0 Å². The minimum absolute atomic E-state index is 0.782. The Balaban J connectivity index is 3.74. The van der Waals surface area contributed by atoms with Gasteiger partial charge in [0, 0.05) is 0 Å². The van der Waals surface area contributed by atoms with Crippen LogP contribution >= 0.6 is 0 Å². The molecule has 1 nitrogen and oxygen atoms in total. The lowest BCUT2D eigenvalue weighted by Gasteiger charge is -2.16. The van der Waals surface area contributed by atoms with Gasteiger partial charge in [-0.05, 0) is 51.0 Å². The van der Waals surface area contributed by atoms with Crippen LogP contribution in [0.5, 0.6) is 0 Å². The second-order valence-electron chi connectivity index (χ2n) is 4.69. The van der Waals surface area contributed by atoms with Crippen LogP contribution in [0.1, 0.15) is 53.4 Å². The molecule has 0 rings (SSSR count). The van der Waals surface area contributed by atoms with E-state index in [1.807, 2.05) is 0 Å². The number of hydrogen-bond acceptors (Lipinski definition) is 1. The average Bonchev–Trinajstić information content (AvgIpc) is 2.03. The Morgan fingerprint density at radius 3 is 2.43 bits per heavy atom. The first-order valence-corrected chi connectivity index (χ1v) is 5.95. The topological polar surface area (TPSA) is 26.0 Å². The molecule has 0 aliphatic rings. The summed E-state index contributed by atoms with van der Waals surface area (Å²) in [7, 11) is 0. The molecule has 0 aliphatic heterocycles. The summed E-state index contributed by atoms with van der Waals surface area (Å²) in [6.45, 7) is 9.93. The van der Waals surface area contributed by atoms with Crippen LogP contribution in [0.2, 0.25) is 0 Å². The van der Waals surface area contributed by atoms with Crippen LogP contribution in [0, 0.1) is 11.8 Å². The minimum atomic E-state index is 0.782. The molecule has 0 aromatic rings. The molecule has 0 spiro atoms. The second kappa shape index (κ2) is 8.05. The van der Waals surface area contributed by atoms with E-state index in [1.165, 1.54) is 19.3 Å². The Labute approximate surface area is 89.8 Å². The SMILES string of the molecule is CC/C=C(/C)CC(C)C[C@@H](C)CCN. The predicted octanol–water partition coefficient (Wildman–Crippen LogP) is 3.74. The third kappa shape index (κ3) is 7.14. The zero-order valence-corrected chi connectivity index (χ0v) is 10.3. The Morgan fingerprint density at radius 1 is 1.29 bits per heavy atom. The summed E-state index contributed by atoms with van der Waals surface area (Å²) in [4.78, 5) is 0. The van der Waals surface area contributed by atoms with Gasteiger partial charge >= 0.3 is 0 Å². The van der Waals surface area contributed by atoms with Crippen molar-refractivity contribution in [3.8, 4) is 0 Å². The van der Waals surface area contributed by atoms with E-state index in [0.717, 1.165) is 24.8 Å². The molecule has 0 aliphatic carbocycles. The van der Waals surface area contributed by atoms with Crippen molar-refractivity contribution in [2.24, 2.45) is 17.6 Å². The van der Waals surface area contributed by atoms with E-state index in [0.29, 0.717) is 0 Å². The van der Waals surface area contributed by atoms with Crippen molar-refractivity contribution in [1.82, 2.24) is 0 Å². The molecule has 0 fully saturated rings. The molecule has 0 saturated carbocycles. The van der Waals surface area contributed by atoms with Crippen molar-refractivity contribution in [3.05, 3.63) is 11.6 Å². The van der Waals surface area contributed by atoms with Crippen molar-refractivity contribution in [2.75, 3.05) is 6.54 Å². The highest BCUT2D eigenvalue weighted by Gasteiger charge is 2.08. The summed E-state index contributed by atoms with van der Waals surface area (Å²) in [5.74, 6) is 1.59. The maximum absolute atomic E-state index is 5.54. The van der Waals surface area contributed by atoms with E-state index in [1.54, 1.807) is 5.57 Å². The molecule has 2 N–H and O–H groups in total. The van der Waals surface area contributed by atoms with Gasteiger partial charge in [0.1, 0.15) is 0 Å². The fourth-order valence-corrected chi connectivity index (χ4v) is 2.15. The van der Waals surface area contributed by atoms with Gasteiger partial charge in [0.15, 0.2) is 0 Å². The molecule has 84 valence electrons. The predicted molar refractivity (Wildman–Crippen MR) is 65.3 cm³/mol. The smallest absolute Gasteiger partial charge is 0.00747 e. The third-order valence-corrected chi connectivity index (χ3v) is 2.69. The molecule has 2 atom stereocenters. The summed E-state index contributed by atoms with van der Waals surface area (Å²) < 4.78 is 0. The molecular weight excluding hydrogens is 170 g/mol. The van der Waals surface area contributed by atoms with Crippen LogP contribution in [-0.4, -0.2) is 6.54 Å². The standard InChI is InChI=1S/C13H27N/c1-5-6-11(2)9-13(4)10-12(3)7-8-14/h6,12-13H,5,7-10,14H2,1-4H3/b11-6-/t12-,13?/m0/s1. The molecule has 1 unspecified atom stereocenters. The molecular formula is C13H27N. The van der Waals surface area contributed by atoms with Crippen molar-refractivity contribution in [3.63, 3.8) is 0 Å². The zero-order valence-electron chi connectivity index (χ0n) is 10.3. The highest BCUT2D eigenvalue weighted by atomic mass is 14.5. The summed E-state index contributed by atoms with van der Waals surface area (Å²) in [6, 6.07) is 0. The molecule has 0 radical (unpaired) electrons. The zero-order chi connectivity index (χ0) is 11.0. The molecule has 0 bridgehead atoms. The van der Waals surface area contributed by atoms with Crippen LogP contribution in [0.15, 0.2) is 11.6 Å². The lowest BCUT2D eigenvalue weighted by molar-refractivity contribution is 0.396. The van der Waals surface area contributed by atoms with Gasteiger partial charge in [0.05, 0.1) is 0 Å². The molecule has 0 aromatic carbocycles. The van der Waals surface area contributed by atoms with E-state index >= 15 is 0 Å². The van der Waals surface area contributed by atoms with Gasteiger partial charge in [-0.2, -0.15) is 0 Å². The molecule has 0 aromatic heterocycles. The first kappa shape index (κ1) is 13.7.